The Morgan fingerprint density at radius 1 is 1.37 bits per heavy atom. The number of hydrogen-bond donors (Lipinski definition) is 2. The zero-order chi connectivity index (χ0) is 13.7. The van der Waals surface area contributed by atoms with Crippen molar-refractivity contribution in [3.05, 3.63) is 0 Å². The molecule has 8 heteroatoms. The van der Waals surface area contributed by atoms with Gasteiger partial charge in [-0.15, -0.1) is 0 Å². The normalized spacial score (nSPS) is 22.3. The second-order valence-electron chi connectivity index (χ2n) is 4.75. The van der Waals surface area contributed by atoms with Crippen molar-refractivity contribution in [2.24, 2.45) is 4.99 Å². The smallest absolute Gasteiger partial charge is 0.215 e. The standard InChI is InChI=1S/C11H22N4O2S2/c1-12-11(14-10-2-3-10)13-4-9-19(16,17)15-5-7-18-8-6-15/h10H,2-9H2,1H3,(H2,12,13,14). The zero-order valence-corrected chi connectivity index (χ0v) is 12.9. The second-order valence-corrected chi connectivity index (χ2v) is 8.06. The highest BCUT2D eigenvalue weighted by atomic mass is 32.2. The third kappa shape index (κ3) is 4.85. The minimum absolute atomic E-state index is 0.128. The summed E-state index contributed by atoms with van der Waals surface area (Å²) in [6, 6.07) is 0.516. The molecule has 110 valence electrons. The van der Waals surface area contributed by atoms with Crippen LogP contribution in [0.2, 0.25) is 0 Å². The molecule has 0 aromatic rings. The van der Waals surface area contributed by atoms with Gasteiger partial charge in [0, 0.05) is 44.2 Å². The average molecular weight is 306 g/mol. The van der Waals surface area contributed by atoms with E-state index in [0.717, 1.165) is 11.5 Å². The molecule has 0 spiro atoms. The van der Waals surface area contributed by atoms with Gasteiger partial charge in [-0.2, -0.15) is 11.8 Å². The van der Waals surface area contributed by atoms with Gasteiger partial charge in [-0.1, -0.05) is 0 Å². The molecule has 1 saturated carbocycles. The topological polar surface area (TPSA) is 73.8 Å². The molecule has 0 unspecified atom stereocenters. The van der Waals surface area contributed by atoms with Crippen molar-refractivity contribution in [1.82, 2.24) is 14.9 Å². The van der Waals surface area contributed by atoms with Crippen molar-refractivity contribution in [3.63, 3.8) is 0 Å². The molecule has 0 aromatic carbocycles. The number of rotatable bonds is 5. The Balaban J connectivity index is 1.73. The summed E-state index contributed by atoms with van der Waals surface area (Å²) in [4.78, 5) is 4.08. The third-order valence-electron chi connectivity index (χ3n) is 3.16. The number of sulfonamides is 1. The maximum absolute atomic E-state index is 12.1. The molecule has 0 amide bonds. The molecule has 19 heavy (non-hydrogen) atoms. The monoisotopic (exact) mass is 306 g/mol. The minimum Gasteiger partial charge on any atom is -0.355 e. The van der Waals surface area contributed by atoms with E-state index in [2.05, 4.69) is 15.6 Å². The molecule has 2 N–H and O–H groups in total. The molecule has 0 radical (unpaired) electrons. The fourth-order valence-electron chi connectivity index (χ4n) is 1.87. The van der Waals surface area contributed by atoms with Crippen LogP contribution in [0.1, 0.15) is 12.8 Å². The number of thioether (sulfide) groups is 1. The van der Waals surface area contributed by atoms with Crippen molar-refractivity contribution in [3.8, 4) is 0 Å². The van der Waals surface area contributed by atoms with Gasteiger partial charge in [0.25, 0.3) is 0 Å². The second kappa shape index (κ2) is 6.81. The van der Waals surface area contributed by atoms with Gasteiger partial charge in [0.05, 0.1) is 5.75 Å². The van der Waals surface area contributed by atoms with E-state index >= 15 is 0 Å². The van der Waals surface area contributed by atoms with E-state index < -0.39 is 10.0 Å². The summed E-state index contributed by atoms with van der Waals surface area (Å²) in [7, 11) is -1.42. The maximum atomic E-state index is 12.1. The highest BCUT2D eigenvalue weighted by molar-refractivity contribution is 7.99. The Hall–Kier alpha value is -0.470. The number of nitrogens with zero attached hydrogens (tertiary/aromatic N) is 2. The number of aliphatic imine (C=N–C) groups is 1. The molecular weight excluding hydrogens is 284 g/mol. The van der Waals surface area contributed by atoms with Gasteiger partial charge >= 0.3 is 0 Å². The third-order valence-corrected chi connectivity index (χ3v) is 5.97. The fourth-order valence-corrected chi connectivity index (χ4v) is 4.36. The number of nitrogens with one attached hydrogen (secondary N) is 2. The molecule has 1 aliphatic heterocycles. The van der Waals surface area contributed by atoms with E-state index in [4.69, 9.17) is 0 Å². The molecular formula is C11H22N4O2S2. The van der Waals surface area contributed by atoms with Crippen LogP contribution in [0, 0.1) is 0 Å². The molecule has 2 fully saturated rings. The van der Waals surface area contributed by atoms with Gasteiger partial charge in [-0.25, -0.2) is 12.7 Å². The summed E-state index contributed by atoms with van der Waals surface area (Å²) in [6.45, 7) is 1.68. The highest BCUT2D eigenvalue weighted by Crippen LogP contribution is 2.18. The molecule has 6 nitrogen and oxygen atoms in total. The predicted molar refractivity (Wildman–Crippen MR) is 80.2 cm³/mol. The Labute approximate surface area is 119 Å². The van der Waals surface area contributed by atoms with Crippen LogP contribution in [-0.4, -0.2) is 68.7 Å². The summed E-state index contributed by atoms with van der Waals surface area (Å²) in [5.74, 6) is 2.63. The van der Waals surface area contributed by atoms with E-state index in [0.29, 0.717) is 31.6 Å². The van der Waals surface area contributed by atoms with Gasteiger partial charge < -0.3 is 10.6 Å². The van der Waals surface area contributed by atoms with Crippen molar-refractivity contribution < 1.29 is 8.42 Å². The van der Waals surface area contributed by atoms with Crippen LogP contribution in [-0.2, 0) is 10.0 Å². The van der Waals surface area contributed by atoms with Gasteiger partial charge in [0.15, 0.2) is 5.96 Å². The lowest BCUT2D eigenvalue weighted by molar-refractivity contribution is 0.443. The van der Waals surface area contributed by atoms with E-state index in [-0.39, 0.29) is 5.75 Å². The zero-order valence-electron chi connectivity index (χ0n) is 11.3. The molecule has 1 aliphatic carbocycles. The Morgan fingerprint density at radius 2 is 2.05 bits per heavy atom. The quantitative estimate of drug-likeness (QED) is 0.538. The first-order chi connectivity index (χ1) is 9.12. The predicted octanol–water partition coefficient (Wildman–Crippen LogP) is -0.308. The summed E-state index contributed by atoms with van der Waals surface area (Å²) in [5, 5.41) is 6.30. The van der Waals surface area contributed by atoms with Gasteiger partial charge in [-0.05, 0) is 12.8 Å². The summed E-state index contributed by atoms with van der Waals surface area (Å²) in [6.07, 6.45) is 2.34. The summed E-state index contributed by atoms with van der Waals surface area (Å²) >= 11 is 1.81. The molecule has 2 rings (SSSR count). The van der Waals surface area contributed by atoms with Crippen molar-refractivity contribution in [2.45, 2.75) is 18.9 Å². The van der Waals surface area contributed by atoms with Crippen LogP contribution in [0.3, 0.4) is 0 Å². The largest absolute Gasteiger partial charge is 0.355 e. The first kappa shape index (κ1) is 14.9. The Morgan fingerprint density at radius 3 is 2.63 bits per heavy atom. The highest BCUT2D eigenvalue weighted by Gasteiger charge is 2.24. The van der Waals surface area contributed by atoms with Gasteiger partial charge in [-0.3, -0.25) is 4.99 Å². The van der Waals surface area contributed by atoms with Crippen LogP contribution in [0.15, 0.2) is 4.99 Å². The molecule has 1 saturated heterocycles. The Bertz CT molecular complexity index is 414. The summed E-state index contributed by atoms with van der Waals surface area (Å²) in [5.41, 5.74) is 0. The SMILES string of the molecule is CN=C(NCCS(=O)(=O)N1CCSCC1)NC1CC1. The lowest BCUT2D eigenvalue weighted by Crippen LogP contribution is -2.44. The minimum atomic E-state index is -3.13. The molecule has 0 aromatic heterocycles. The van der Waals surface area contributed by atoms with Gasteiger partial charge in [0.2, 0.25) is 10.0 Å². The first-order valence-corrected chi connectivity index (χ1v) is 9.41. The van der Waals surface area contributed by atoms with Crippen molar-refractivity contribution >= 4 is 27.7 Å². The van der Waals surface area contributed by atoms with Crippen molar-refractivity contribution in [1.29, 1.82) is 0 Å². The number of hydrogen-bond acceptors (Lipinski definition) is 4. The van der Waals surface area contributed by atoms with Crippen LogP contribution in [0.4, 0.5) is 0 Å². The summed E-state index contributed by atoms with van der Waals surface area (Å²) < 4.78 is 25.8. The van der Waals surface area contributed by atoms with Crippen molar-refractivity contribution in [2.75, 3.05) is 43.9 Å². The van der Waals surface area contributed by atoms with E-state index in [1.165, 1.54) is 12.8 Å². The lowest BCUT2D eigenvalue weighted by atomic mass is 10.6. The molecule has 1 heterocycles. The number of guanidine groups is 1. The molecule has 0 atom stereocenters. The van der Waals surface area contributed by atoms with E-state index in [9.17, 15) is 8.42 Å². The van der Waals surface area contributed by atoms with E-state index in [1.807, 2.05) is 11.8 Å². The maximum Gasteiger partial charge on any atom is 0.215 e. The van der Waals surface area contributed by atoms with Crippen LogP contribution in [0.5, 0.6) is 0 Å². The fraction of sp³-hybridized carbons (Fsp3) is 0.909. The lowest BCUT2D eigenvalue weighted by Gasteiger charge is -2.25. The first-order valence-electron chi connectivity index (χ1n) is 6.64. The van der Waals surface area contributed by atoms with Crippen LogP contribution < -0.4 is 10.6 Å². The molecule has 2 aliphatic rings. The van der Waals surface area contributed by atoms with Crippen LogP contribution in [0.25, 0.3) is 0 Å². The van der Waals surface area contributed by atoms with Crippen LogP contribution >= 0.6 is 11.8 Å². The van der Waals surface area contributed by atoms with E-state index in [1.54, 1.807) is 11.4 Å². The Kier molecular flexibility index (Phi) is 5.35. The average Bonchev–Trinajstić information content (AvgIpc) is 3.22. The molecule has 0 bridgehead atoms. The van der Waals surface area contributed by atoms with Gasteiger partial charge in [0.1, 0.15) is 0 Å².